The first-order valence-corrected chi connectivity index (χ1v) is 8.74. The molecular formula is C18H12ClF2N3S. The van der Waals surface area contributed by atoms with E-state index in [1.807, 2.05) is 16.7 Å². The molecule has 0 unspecified atom stereocenters. The molecule has 0 amide bonds. The van der Waals surface area contributed by atoms with E-state index >= 15 is 0 Å². The Kier molecular flexibility index (Phi) is 3.94. The van der Waals surface area contributed by atoms with Crippen LogP contribution in [0.3, 0.4) is 0 Å². The van der Waals surface area contributed by atoms with Gasteiger partial charge in [0.25, 0.3) is 0 Å². The Morgan fingerprint density at radius 1 is 1.12 bits per heavy atom. The maximum atomic E-state index is 14.4. The molecule has 126 valence electrons. The molecule has 2 aromatic carbocycles. The molecule has 0 atom stereocenters. The maximum Gasteiger partial charge on any atom is 0.196 e. The molecule has 0 aliphatic rings. The smallest absolute Gasteiger partial charge is 0.196 e. The van der Waals surface area contributed by atoms with Crippen LogP contribution in [0.25, 0.3) is 16.2 Å². The first-order valence-electron chi connectivity index (χ1n) is 7.48. The third-order valence-corrected chi connectivity index (χ3v) is 5.10. The fourth-order valence-electron chi connectivity index (χ4n) is 2.68. The van der Waals surface area contributed by atoms with Gasteiger partial charge in [0.2, 0.25) is 0 Å². The van der Waals surface area contributed by atoms with Crippen LogP contribution < -0.4 is 5.32 Å². The Bertz CT molecular complexity index is 1050. The van der Waals surface area contributed by atoms with Crippen molar-refractivity contribution >= 4 is 39.4 Å². The minimum absolute atomic E-state index is 0.240. The zero-order valence-electron chi connectivity index (χ0n) is 13.1. The number of imidazole rings is 1. The van der Waals surface area contributed by atoms with Gasteiger partial charge in [0.15, 0.2) is 4.96 Å². The number of halogens is 3. The second kappa shape index (κ2) is 6.13. The summed E-state index contributed by atoms with van der Waals surface area (Å²) in [5, 5.41) is 5.46. The summed E-state index contributed by atoms with van der Waals surface area (Å²) in [5.41, 5.74) is 2.28. The Labute approximate surface area is 151 Å². The molecule has 0 saturated heterocycles. The van der Waals surface area contributed by atoms with Crippen LogP contribution >= 0.6 is 22.9 Å². The number of nitrogens with one attached hydrogen (secondary N) is 1. The minimum atomic E-state index is -0.446. The van der Waals surface area contributed by atoms with Crippen molar-refractivity contribution in [2.45, 2.75) is 6.92 Å². The van der Waals surface area contributed by atoms with Gasteiger partial charge in [-0.1, -0.05) is 17.7 Å². The van der Waals surface area contributed by atoms with Gasteiger partial charge in [-0.3, -0.25) is 4.40 Å². The summed E-state index contributed by atoms with van der Waals surface area (Å²) in [6, 6.07) is 10.5. The number of benzene rings is 2. The lowest BCUT2D eigenvalue weighted by Gasteiger charge is -2.10. The number of hydrogen-bond donors (Lipinski definition) is 1. The standard InChI is InChI=1S/C18H12ClF2N3S/c1-10-9-25-18-23-16(15-13(19)3-2-4-14(15)21)17(24(10)18)22-12-7-5-11(20)6-8-12/h2-9,22H,1H3. The van der Waals surface area contributed by atoms with Crippen LogP contribution in [0.1, 0.15) is 5.69 Å². The molecule has 0 radical (unpaired) electrons. The molecule has 7 heteroatoms. The minimum Gasteiger partial charge on any atom is -0.339 e. The van der Waals surface area contributed by atoms with E-state index in [1.54, 1.807) is 24.3 Å². The third kappa shape index (κ3) is 2.77. The molecule has 4 aromatic rings. The van der Waals surface area contributed by atoms with Gasteiger partial charge in [0, 0.05) is 16.8 Å². The van der Waals surface area contributed by atoms with Crippen molar-refractivity contribution in [2.75, 3.05) is 5.32 Å². The van der Waals surface area contributed by atoms with Crippen LogP contribution in [0.15, 0.2) is 47.8 Å². The maximum absolute atomic E-state index is 14.4. The normalized spacial score (nSPS) is 11.2. The van der Waals surface area contributed by atoms with Gasteiger partial charge in [0.1, 0.15) is 23.1 Å². The number of rotatable bonds is 3. The Balaban J connectivity index is 1.94. The van der Waals surface area contributed by atoms with Gasteiger partial charge in [-0.25, -0.2) is 13.8 Å². The summed E-state index contributed by atoms with van der Waals surface area (Å²) in [6.07, 6.45) is 0. The molecule has 4 rings (SSSR count). The highest BCUT2D eigenvalue weighted by Crippen LogP contribution is 2.38. The number of fused-ring (bicyclic) bond motifs is 1. The van der Waals surface area contributed by atoms with E-state index in [1.165, 1.54) is 29.5 Å². The quantitative estimate of drug-likeness (QED) is 0.472. The van der Waals surface area contributed by atoms with Crippen molar-refractivity contribution in [3.63, 3.8) is 0 Å². The summed E-state index contributed by atoms with van der Waals surface area (Å²) in [5.74, 6) is -0.182. The zero-order chi connectivity index (χ0) is 17.6. The molecule has 2 aromatic heterocycles. The number of aromatic nitrogens is 2. The summed E-state index contributed by atoms with van der Waals surface area (Å²) < 4.78 is 29.5. The lowest BCUT2D eigenvalue weighted by atomic mass is 10.1. The molecule has 0 saturated carbocycles. The van der Waals surface area contributed by atoms with E-state index in [-0.39, 0.29) is 16.4 Å². The fraction of sp³-hybridized carbons (Fsp3) is 0.0556. The molecule has 0 aliphatic heterocycles. The van der Waals surface area contributed by atoms with Gasteiger partial charge in [-0.05, 0) is 43.3 Å². The van der Waals surface area contributed by atoms with Crippen LogP contribution in [-0.2, 0) is 0 Å². The van der Waals surface area contributed by atoms with E-state index in [4.69, 9.17) is 11.6 Å². The summed E-state index contributed by atoms with van der Waals surface area (Å²) >= 11 is 7.69. The number of nitrogens with zero attached hydrogens (tertiary/aromatic N) is 2. The molecule has 0 fully saturated rings. The van der Waals surface area contributed by atoms with Gasteiger partial charge in [0.05, 0.1) is 10.6 Å². The first-order chi connectivity index (χ1) is 12.0. The highest BCUT2D eigenvalue weighted by Gasteiger charge is 2.21. The van der Waals surface area contributed by atoms with Crippen LogP contribution in [0.2, 0.25) is 5.02 Å². The largest absolute Gasteiger partial charge is 0.339 e. The average Bonchev–Trinajstić information content (AvgIpc) is 3.11. The molecule has 25 heavy (non-hydrogen) atoms. The van der Waals surface area contributed by atoms with Gasteiger partial charge < -0.3 is 5.32 Å². The van der Waals surface area contributed by atoms with Gasteiger partial charge in [-0.2, -0.15) is 0 Å². The summed E-state index contributed by atoms with van der Waals surface area (Å²) in [4.78, 5) is 5.28. The molecular weight excluding hydrogens is 364 g/mol. The number of anilines is 2. The van der Waals surface area contributed by atoms with E-state index in [2.05, 4.69) is 10.3 Å². The third-order valence-electron chi connectivity index (χ3n) is 3.84. The van der Waals surface area contributed by atoms with Crippen molar-refractivity contribution < 1.29 is 8.78 Å². The highest BCUT2D eigenvalue weighted by molar-refractivity contribution is 7.15. The Hall–Kier alpha value is -2.44. The lowest BCUT2D eigenvalue weighted by Crippen LogP contribution is -1.99. The van der Waals surface area contributed by atoms with Crippen molar-refractivity contribution in [3.8, 4) is 11.3 Å². The number of thiazole rings is 1. The predicted octanol–water partition coefficient (Wildman–Crippen LogP) is 6.05. The molecule has 2 heterocycles. The van der Waals surface area contributed by atoms with Crippen molar-refractivity contribution in [1.82, 2.24) is 9.38 Å². The van der Waals surface area contributed by atoms with Crippen molar-refractivity contribution in [3.05, 3.63) is 70.2 Å². The topological polar surface area (TPSA) is 29.3 Å². The molecule has 0 aliphatic carbocycles. The fourth-order valence-corrected chi connectivity index (χ4v) is 3.80. The predicted molar refractivity (Wildman–Crippen MR) is 97.9 cm³/mol. The van der Waals surface area contributed by atoms with Gasteiger partial charge in [-0.15, -0.1) is 11.3 Å². The van der Waals surface area contributed by atoms with Crippen LogP contribution in [0.5, 0.6) is 0 Å². The number of hydrogen-bond acceptors (Lipinski definition) is 3. The lowest BCUT2D eigenvalue weighted by molar-refractivity contribution is 0.628. The first kappa shape index (κ1) is 16.1. The Morgan fingerprint density at radius 2 is 1.88 bits per heavy atom. The molecule has 0 spiro atoms. The molecule has 3 nitrogen and oxygen atoms in total. The van der Waals surface area contributed by atoms with E-state index < -0.39 is 5.82 Å². The monoisotopic (exact) mass is 375 g/mol. The van der Waals surface area contributed by atoms with Crippen molar-refractivity contribution in [2.24, 2.45) is 0 Å². The van der Waals surface area contributed by atoms with Gasteiger partial charge >= 0.3 is 0 Å². The van der Waals surface area contributed by atoms with E-state index in [0.29, 0.717) is 17.2 Å². The zero-order valence-corrected chi connectivity index (χ0v) is 14.6. The highest BCUT2D eigenvalue weighted by atomic mass is 35.5. The Morgan fingerprint density at radius 3 is 2.60 bits per heavy atom. The van der Waals surface area contributed by atoms with E-state index in [0.717, 1.165) is 10.7 Å². The van der Waals surface area contributed by atoms with Crippen LogP contribution in [0, 0.1) is 18.6 Å². The number of aryl methyl sites for hydroxylation is 1. The van der Waals surface area contributed by atoms with E-state index in [9.17, 15) is 8.78 Å². The van der Waals surface area contributed by atoms with Crippen LogP contribution in [0.4, 0.5) is 20.3 Å². The second-order valence-electron chi connectivity index (χ2n) is 5.53. The summed E-state index contributed by atoms with van der Waals surface area (Å²) in [6.45, 7) is 1.94. The second-order valence-corrected chi connectivity index (χ2v) is 6.78. The molecule has 0 bridgehead atoms. The SMILES string of the molecule is Cc1csc2nc(-c3c(F)cccc3Cl)c(Nc3ccc(F)cc3)n12. The van der Waals surface area contributed by atoms with Crippen molar-refractivity contribution in [1.29, 1.82) is 0 Å². The molecule has 1 N–H and O–H groups in total. The van der Waals surface area contributed by atoms with Crippen LogP contribution in [-0.4, -0.2) is 9.38 Å². The summed E-state index contributed by atoms with van der Waals surface area (Å²) in [7, 11) is 0. The average molecular weight is 376 g/mol.